The highest BCUT2D eigenvalue weighted by molar-refractivity contribution is 5.80. The molecule has 2 fully saturated rings. The number of rotatable bonds is 6. The molecule has 0 spiro atoms. The molecule has 2 aliphatic heterocycles. The second-order valence-corrected chi connectivity index (χ2v) is 7.59. The lowest BCUT2D eigenvalue weighted by atomic mass is 10.1. The van der Waals surface area contributed by atoms with E-state index in [9.17, 15) is 18.0 Å². The molecule has 0 bridgehead atoms. The fourth-order valence-electron chi connectivity index (χ4n) is 3.88. The Hall–Kier alpha value is -2.29. The summed E-state index contributed by atoms with van der Waals surface area (Å²) in [7, 11) is 1.65. The molecule has 160 valence electrons. The molecule has 2 aliphatic rings. The Morgan fingerprint density at radius 3 is 2.66 bits per heavy atom. The van der Waals surface area contributed by atoms with Gasteiger partial charge in [0.2, 0.25) is 5.91 Å². The van der Waals surface area contributed by atoms with Crippen molar-refractivity contribution in [3.8, 4) is 0 Å². The van der Waals surface area contributed by atoms with Gasteiger partial charge in [0.25, 0.3) is 0 Å². The van der Waals surface area contributed by atoms with Crippen LogP contribution in [0.4, 0.5) is 13.2 Å². The third-order valence-electron chi connectivity index (χ3n) is 5.34. The van der Waals surface area contributed by atoms with Crippen molar-refractivity contribution in [3.63, 3.8) is 0 Å². The summed E-state index contributed by atoms with van der Waals surface area (Å²) in [5.74, 6) is 0.755. The lowest BCUT2D eigenvalue weighted by molar-refractivity contribution is -0.143. The lowest BCUT2D eigenvalue weighted by Crippen LogP contribution is -2.45. The number of alkyl halides is 3. The van der Waals surface area contributed by atoms with Gasteiger partial charge in [-0.25, -0.2) is 0 Å². The van der Waals surface area contributed by atoms with Crippen LogP contribution in [0.25, 0.3) is 0 Å². The van der Waals surface area contributed by atoms with Crippen LogP contribution in [0.5, 0.6) is 0 Å². The Balaban J connectivity index is 1.52. The van der Waals surface area contributed by atoms with E-state index in [1.54, 1.807) is 7.05 Å². The quantitative estimate of drug-likeness (QED) is 0.556. The van der Waals surface area contributed by atoms with Gasteiger partial charge in [-0.1, -0.05) is 24.3 Å². The third-order valence-corrected chi connectivity index (χ3v) is 5.34. The zero-order valence-corrected chi connectivity index (χ0v) is 16.6. The molecule has 2 N–H and O–H groups in total. The van der Waals surface area contributed by atoms with Crippen LogP contribution >= 0.6 is 0 Å². The number of halogens is 3. The van der Waals surface area contributed by atoms with Crippen molar-refractivity contribution in [3.05, 3.63) is 35.4 Å². The van der Waals surface area contributed by atoms with Gasteiger partial charge in [-0.3, -0.25) is 14.7 Å². The second-order valence-electron chi connectivity index (χ2n) is 7.59. The number of hydrogen-bond acceptors (Lipinski definition) is 3. The number of nitrogens with one attached hydrogen (secondary N) is 2. The van der Waals surface area contributed by atoms with E-state index in [2.05, 4.69) is 15.6 Å². The molecular formula is C20H28F3N5O. The summed E-state index contributed by atoms with van der Waals surface area (Å²) >= 11 is 0. The summed E-state index contributed by atoms with van der Waals surface area (Å²) in [5, 5.41) is 6.46. The van der Waals surface area contributed by atoms with E-state index in [4.69, 9.17) is 0 Å². The minimum Gasteiger partial charge on any atom is -0.352 e. The van der Waals surface area contributed by atoms with Gasteiger partial charge in [-0.05, 0) is 24.0 Å². The average molecular weight is 411 g/mol. The van der Waals surface area contributed by atoms with Crippen molar-refractivity contribution in [1.82, 2.24) is 20.4 Å². The Morgan fingerprint density at radius 1 is 1.24 bits per heavy atom. The van der Waals surface area contributed by atoms with Crippen LogP contribution in [-0.2, 0) is 17.9 Å². The topological polar surface area (TPSA) is 60.0 Å². The van der Waals surface area contributed by atoms with Crippen LogP contribution < -0.4 is 10.6 Å². The van der Waals surface area contributed by atoms with Crippen LogP contribution in [0, 0.1) is 0 Å². The number of likely N-dealkylation sites (tertiary alicyclic amines) is 2. The molecule has 1 unspecified atom stereocenters. The van der Waals surface area contributed by atoms with E-state index in [0.29, 0.717) is 45.0 Å². The van der Waals surface area contributed by atoms with Gasteiger partial charge >= 0.3 is 6.18 Å². The first-order chi connectivity index (χ1) is 13.8. The molecule has 9 heteroatoms. The number of carbonyl (C=O) groups excluding carboxylic acids is 1. The highest BCUT2D eigenvalue weighted by atomic mass is 19.4. The molecule has 0 radical (unpaired) electrons. The maximum atomic E-state index is 12.6. The van der Waals surface area contributed by atoms with E-state index < -0.39 is 12.7 Å². The Bertz CT molecular complexity index is 737. The van der Waals surface area contributed by atoms with Crippen LogP contribution in [0.3, 0.4) is 0 Å². The van der Waals surface area contributed by atoms with Gasteiger partial charge in [-0.2, -0.15) is 13.2 Å². The fourth-order valence-corrected chi connectivity index (χ4v) is 3.88. The van der Waals surface area contributed by atoms with Gasteiger partial charge in [0, 0.05) is 52.2 Å². The maximum absolute atomic E-state index is 12.6. The predicted molar refractivity (Wildman–Crippen MR) is 105 cm³/mol. The molecule has 0 saturated carbocycles. The summed E-state index contributed by atoms with van der Waals surface area (Å²) in [5.41, 5.74) is 2.16. The summed E-state index contributed by atoms with van der Waals surface area (Å²) in [6.07, 6.45) is -2.01. The van der Waals surface area contributed by atoms with E-state index in [-0.39, 0.29) is 11.9 Å². The number of guanidine groups is 1. The van der Waals surface area contributed by atoms with E-state index in [0.717, 1.165) is 24.1 Å². The molecule has 1 atom stereocenters. The normalized spacial score (nSPS) is 21.1. The summed E-state index contributed by atoms with van der Waals surface area (Å²) in [6, 6.07) is 7.87. The first-order valence-corrected chi connectivity index (χ1v) is 9.95. The van der Waals surface area contributed by atoms with Crippen molar-refractivity contribution >= 4 is 11.9 Å². The van der Waals surface area contributed by atoms with Crippen molar-refractivity contribution in [2.24, 2.45) is 4.99 Å². The van der Waals surface area contributed by atoms with Gasteiger partial charge in [-0.15, -0.1) is 0 Å². The largest absolute Gasteiger partial charge is 0.401 e. The number of aliphatic imine (C=N–C) groups is 1. The van der Waals surface area contributed by atoms with Crippen molar-refractivity contribution in [1.29, 1.82) is 0 Å². The molecule has 0 aromatic heterocycles. The molecule has 2 heterocycles. The summed E-state index contributed by atoms with van der Waals surface area (Å²) < 4.78 is 37.7. The SMILES string of the molecule is CN=C(NCc1ccccc1CN1CCCC1=O)NC1CCN(CC(F)(F)F)C1. The monoisotopic (exact) mass is 411 g/mol. The average Bonchev–Trinajstić information content (AvgIpc) is 3.27. The van der Waals surface area contributed by atoms with Crippen molar-refractivity contribution < 1.29 is 18.0 Å². The third kappa shape index (κ3) is 6.35. The molecule has 3 rings (SSSR count). The molecule has 29 heavy (non-hydrogen) atoms. The van der Waals surface area contributed by atoms with Crippen LogP contribution in [0.15, 0.2) is 29.3 Å². The zero-order chi connectivity index (χ0) is 20.9. The molecule has 6 nitrogen and oxygen atoms in total. The fraction of sp³-hybridized carbons (Fsp3) is 0.600. The van der Waals surface area contributed by atoms with Crippen LogP contribution in [0.1, 0.15) is 30.4 Å². The summed E-state index contributed by atoms with van der Waals surface area (Å²) in [4.78, 5) is 19.4. The number of carbonyl (C=O) groups is 1. The van der Waals surface area contributed by atoms with Crippen molar-refractivity contribution in [2.45, 2.75) is 44.6 Å². The zero-order valence-electron chi connectivity index (χ0n) is 16.6. The van der Waals surface area contributed by atoms with E-state index in [1.165, 1.54) is 4.90 Å². The van der Waals surface area contributed by atoms with Gasteiger partial charge in [0.1, 0.15) is 0 Å². The molecule has 1 aromatic carbocycles. The second kappa shape index (κ2) is 9.47. The number of benzene rings is 1. The Morgan fingerprint density at radius 2 is 2.00 bits per heavy atom. The highest BCUT2D eigenvalue weighted by Crippen LogP contribution is 2.20. The van der Waals surface area contributed by atoms with Crippen molar-refractivity contribution in [2.75, 3.05) is 33.2 Å². The highest BCUT2D eigenvalue weighted by Gasteiger charge is 2.34. The lowest BCUT2D eigenvalue weighted by Gasteiger charge is -2.21. The molecule has 2 saturated heterocycles. The van der Waals surface area contributed by atoms with Gasteiger partial charge < -0.3 is 15.5 Å². The summed E-state index contributed by atoms with van der Waals surface area (Å²) in [6.45, 7) is 1.79. The van der Waals surface area contributed by atoms with Crippen LogP contribution in [0.2, 0.25) is 0 Å². The van der Waals surface area contributed by atoms with Gasteiger partial charge in [0.05, 0.1) is 6.54 Å². The maximum Gasteiger partial charge on any atom is 0.401 e. The molecule has 1 amide bonds. The predicted octanol–water partition coefficient (Wildman–Crippen LogP) is 2.11. The Kier molecular flexibility index (Phi) is 7.00. The Labute approximate surface area is 169 Å². The van der Waals surface area contributed by atoms with Crippen LogP contribution in [-0.4, -0.2) is 67.1 Å². The van der Waals surface area contributed by atoms with E-state index in [1.807, 2.05) is 29.2 Å². The first kappa shape index (κ1) is 21.4. The number of amides is 1. The smallest absolute Gasteiger partial charge is 0.352 e. The number of nitrogens with zero attached hydrogens (tertiary/aromatic N) is 3. The first-order valence-electron chi connectivity index (χ1n) is 9.95. The van der Waals surface area contributed by atoms with Gasteiger partial charge in [0.15, 0.2) is 5.96 Å². The minimum absolute atomic E-state index is 0.0685. The minimum atomic E-state index is -4.17. The number of hydrogen-bond donors (Lipinski definition) is 2. The molecule has 0 aliphatic carbocycles. The molecular weight excluding hydrogens is 383 g/mol. The standard InChI is InChI=1S/C20H28F3N5O/c1-24-19(26-17-8-10-27(13-17)14-20(21,22)23)25-11-15-5-2-3-6-16(15)12-28-9-4-7-18(28)29/h2-3,5-6,17H,4,7-14H2,1H3,(H2,24,25,26). The molecule has 1 aromatic rings. The van der Waals surface area contributed by atoms with E-state index >= 15 is 0 Å².